The molecule has 0 fully saturated rings. The Morgan fingerprint density at radius 3 is 2.71 bits per heavy atom. The lowest BCUT2D eigenvalue weighted by Crippen LogP contribution is -2.19. The molecule has 0 atom stereocenters. The maximum absolute atomic E-state index is 12.8. The summed E-state index contributed by atoms with van der Waals surface area (Å²) in [4.78, 5) is 24.4. The van der Waals surface area contributed by atoms with Crippen molar-refractivity contribution in [3.63, 3.8) is 0 Å². The summed E-state index contributed by atoms with van der Waals surface area (Å²) in [7, 11) is 0. The Balaban J connectivity index is 1.80. The molecule has 0 saturated heterocycles. The molecule has 2 amide bonds. The lowest BCUT2D eigenvalue weighted by atomic mass is 10.1. The van der Waals surface area contributed by atoms with Gasteiger partial charge in [0.25, 0.3) is 5.91 Å². The summed E-state index contributed by atoms with van der Waals surface area (Å²) in [5.41, 5.74) is 1.58. The SMILES string of the molecule is O=C1CSc2ccc(C(=O)Nc3ccc(F)cc3)cc2N1. The van der Waals surface area contributed by atoms with E-state index >= 15 is 0 Å². The molecule has 2 N–H and O–H groups in total. The van der Waals surface area contributed by atoms with Crippen LogP contribution in [0.2, 0.25) is 0 Å². The van der Waals surface area contributed by atoms with Crippen molar-refractivity contribution in [2.24, 2.45) is 0 Å². The van der Waals surface area contributed by atoms with Crippen molar-refractivity contribution in [3.05, 3.63) is 53.8 Å². The van der Waals surface area contributed by atoms with Gasteiger partial charge in [0, 0.05) is 16.1 Å². The smallest absolute Gasteiger partial charge is 0.255 e. The molecule has 0 unspecified atom stereocenters. The maximum atomic E-state index is 12.8. The van der Waals surface area contributed by atoms with Crippen LogP contribution in [0.15, 0.2) is 47.4 Å². The molecule has 21 heavy (non-hydrogen) atoms. The van der Waals surface area contributed by atoms with Crippen LogP contribution in [0.25, 0.3) is 0 Å². The fraction of sp³-hybridized carbons (Fsp3) is 0.0667. The van der Waals surface area contributed by atoms with Crippen LogP contribution in [0.4, 0.5) is 15.8 Å². The fourth-order valence-electron chi connectivity index (χ4n) is 1.96. The van der Waals surface area contributed by atoms with Crippen LogP contribution in [0, 0.1) is 5.82 Å². The average Bonchev–Trinajstić information content (AvgIpc) is 2.48. The Morgan fingerprint density at radius 1 is 1.19 bits per heavy atom. The number of halogens is 1. The van der Waals surface area contributed by atoms with Crippen LogP contribution < -0.4 is 10.6 Å². The van der Waals surface area contributed by atoms with Crippen LogP contribution in [-0.2, 0) is 4.79 Å². The third-order valence-electron chi connectivity index (χ3n) is 2.98. The maximum Gasteiger partial charge on any atom is 0.255 e. The van der Waals surface area contributed by atoms with Gasteiger partial charge in [-0.25, -0.2) is 4.39 Å². The fourth-order valence-corrected chi connectivity index (χ4v) is 2.75. The van der Waals surface area contributed by atoms with Gasteiger partial charge in [-0.1, -0.05) is 0 Å². The second kappa shape index (κ2) is 5.57. The van der Waals surface area contributed by atoms with E-state index in [9.17, 15) is 14.0 Å². The highest BCUT2D eigenvalue weighted by molar-refractivity contribution is 8.00. The van der Waals surface area contributed by atoms with Gasteiger partial charge in [-0.05, 0) is 42.5 Å². The van der Waals surface area contributed by atoms with Crippen LogP contribution in [0.3, 0.4) is 0 Å². The lowest BCUT2D eigenvalue weighted by Gasteiger charge is -2.16. The Kier molecular flexibility index (Phi) is 3.62. The van der Waals surface area contributed by atoms with E-state index in [0.29, 0.717) is 22.7 Å². The van der Waals surface area contributed by atoms with Crippen molar-refractivity contribution in [1.82, 2.24) is 0 Å². The third-order valence-corrected chi connectivity index (χ3v) is 4.05. The first-order valence-corrected chi connectivity index (χ1v) is 7.24. The summed E-state index contributed by atoms with van der Waals surface area (Å²) in [5, 5.41) is 5.42. The number of nitrogens with one attached hydrogen (secondary N) is 2. The van der Waals surface area contributed by atoms with Crippen molar-refractivity contribution < 1.29 is 14.0 Å². The number of hydrogen-bond donors (Lipinski definition) is 2. The second-order valence-corrected chi connectivity index (χ2v) is 5.53. The molecule has 0 bridgehead atoms. The Bertz CT molecular complexity index is 716. The Morgan fingerprint density at radius 2 is 1.95 bits per heavy atom. The average molecular weight is 302 g/mol. The largest absolute Gasteiger partial charge is 0.324 e. The molecule has 0 spiro atoms. The van der Waals surface area contributed by atoms with E-state index in [-0.39, 0.29) is 17.6 Å². The molecule has 2 aromatic rings. The topological polar surface area (TPSA) is 58.2 Å². The van der Waals surface area contributed by atoms with Gasteiger partial charge in [0.05, 0.1) is 11.4 Å². The normalized spacial score (nSPS) is 13.3. The predicted octanol–water partition coefficient (Wildman–Crippen LogP) is 3.12. The molecule has 0 aromatic heterocycles. The number of benzene rings is 2. The number of rotatable bonds is 2. The van der Waals surface area contributed by atoms with E-state index in [0.717, 1.165) is 4.90 Å². The van der Waals surface area contributed by atoms with E-state index in [2.05, 4.69) is 10.6 Å². The molecule has 0 radical (unpaired) electrons. The standard InChI is InChI=1S/C15H11FN2O2S/c16-10-2-4-11(5-3-10)17-15(20)9-1-6-13-12(7-9)18-14(19)8-21-13/h1-7H,8H2,(H,17,20)(H,18,19). The summed E-state index contributed by atoms with van der Waals surface area (Å²) in [5.74, 6) is -0.368. The minimum absolute atomic E-state index is 0.0800. The van der Waals surface area contributed by atoms with Gasteiger partial charge in [-0.15, -0.1) is 11.8 Å². The van der Waals surface area contributed by atoms with Gasteiger partial charge in [-0.2, -0.15) is 0 Å². The first-order valence-electron chi connectivity index (χ1n) is 6.25. The number of carbonyl (C=O) groups excluding carboxylic acids is 2. The van der Waals surface area contributed by atoms with Crippen LogP contribution in [0.1, 0.15) is 10.4 Å². The molecular formula is C15H11FN2O2S. The van der Waals surface area contributed by atoms with E-state index in [4.69, 9.17) is 0 Å². The van der Waals surface area contributed by atoms with E-state index in [1.54, 1.807) is 18.2 Å². The molecule has 4 nitrogen and oxygen atoms in total. The summed E-state index contributed by atoms with van der Waals surface area (Å²) >= 11 is 1.44. The first kappa shape index (κ1) is 13.6. The number of carbonyl (C=O) groups is 2. The van der Waals surface area contributed by atoms with E-state index < -0.39 is 0 Å². The molecule has 106 valence electrons. The number of anilines is 2. The number of fused-ring (bicyclic) bond motifs is 1. The molecule has 0 aliphatic carbocycles. The van der Waals surface area contributed by atoms with Gasteiger partial charge >= 0.3 is 0 Å². The molecule has 1 aliphatic rings. The van der Waals surface area contributed by atoms with Gasteiger partial charge in [0.1, 0.15) is 5.82 Å². The lowest BCUT2D eigenvalue weighted by molar-refractivity contribution is -0.113. The highest BCUT2D eigenvalue weighted by Gasteiger charge is 2.17. The van der Waals surface area contributed by atoms with Gasteiger partial charge in [0.15, 0.2) is 0 Å². The molecule has 0 saturated carbocycles. The highest BCUT2D eigenvalue weighted by Crippen LogP contribution is 2.32. The van der Waals surface area contributed by atoms with Crippen LogP contribution >= 0.6 is 11.8 Å². The summed E-state index contributed by atoms with van der Waals surface area (Å²) in [6, 6.07) is 10.7. The van der Waals surface area contributed by atoms with Crippen molar-refractivity contribution in [2.75, 3.05) is 16.4 Å². The minimum atomic E-state index is -0.360. The van der Waals surface area contributed by atoms with Crippen LogP contribution in [-0.4, -0.2) is 17.6 Å². The number of amides is 2. The zero-order valence-electron chi connectivity index (χ0n) is 10.9. The molecule has 1 aliphatic heterocycles. The third kappa shape index (κ3) is 3.05. The molecule has 6 heteroatoms. The summed E-state index contributed by atoms with van der Waals surface area (Å²) < 4.78 is 12.8. The number of thioether (sulfide) groups is 1. The molecule has 2 aromatic carbocycles. The second-order valence-electron chi connectivity index (χ2n) is 4.51. The molecular weight excluding hydrogens is 291 g/mol. The highest BCUT2D eigenvalue weighted by atomic mass is 32.2. The van der Waals surface area contributed by atoms with E-state index in [1.165, 1.54) is 36.0 Å². The Labute approximate surface area is 124 Å². The first-order chi connectivity index (χ1) is 10.1. The molecule has 1 heterocycles. The monoisotopic (exact) mass is 302 g/mol. The summed E-state index contributed by atoms with van der Waals surface area (Å²) in [6.07, 6.45) is 0. The van der Waals surface area contributed by atoms with Gasteiger partial charge < -0.3 is 10.6 Å². The zero-order chi connectivity index (χ0) is 14.8. The quantitative estimate of drug-likeness (QED) is 0.896. The number of hydrogen-bond acceptors (Lipinski definition) is 3. The van der Waals surface area contributed by atoms with Crippen molar-refractivity contribution in [3.8, 4) is 0 Å². The zero-order valence-corrected chi connectivity index (χ0v) is 11.7. The molecule has 3 rings (SSSR count). The van der Waals surface area contributed by atoms with Crippen molar-refractivity contribution in [2.45, 2.75) is 4.90 Å². The van der Waals surface area contributed by atoms with Gasteiger partial charge in [0.2, 0.25) is 5.91 Å². The van der Waals surface area contributed by atoms with Crippen molar-refractivity contribution in [1.29, 1.82) is 0 Å². The van der Waals surface area contributed by atoms with Gasteiger partial charge in [-0.3, -0.25) is 9.59 Å². The Hall–Kier alpha value is -2.34. The predicted molar refractivity (Wildman–Crippen MR) is 80.1 cm³/mol. The van der Waals surface area contributed by atoms with Crippen molar-refractivity contribution >= 4 is 35.0 Å². The summed E-state index contributed by atoms with van der Waals surface area (Å²) in [6.45, 7) is 0. The van der Waals surface area contributed by atoms with Crippen LogP contribution in [0.5, 0.6) is 0 Å². The van der Waals surface area contributed by atoms with E-state index in [1.807, 2.05) is 0 Å². The minimum Gasteiger partial charge on any atom is -0.324 e.